The maximum atomic E-state index is 13.8. The second kappa shape index (κ2) is 11.5. The van der Waals surface area contributed by atoms with Gasteiger partial charge in [0.1, 0.15) is 0 Å². The number of hydrogen-bond donors (Lipinski definition) is 0. The summed E-state index contributed by atoms with van der Waals surface area (Å²) in [5.41, 5.74) is 0.166. The molecule has 0 N–H and O–H groups in total. The van der Waals surface area contributed by atoms with Crippen molar-refractivity contribution in [2.24, 2.45) is 0 Å². The lowest BCUT2D eigenvalue weighted by molar-refractivity contribution is -0.137. The summed E-state index contributed by atoms with van der Waals surface area (Å²) < 4.78 is 96.3. The molecule has 1 atom stereocenters. The van der Waals surface area contributed by atoms with Crippen LogP contribution in [-0.4, -0.2) is 27.1 Å². The highest BCUT2D eigenvalue weighted by Gasteiger charge is 2.39. The Balaban J connectivity index is 1.87. The second-order valence-electron chi connectivity index (χ2n) is 8.63. The van der Waals surface area contributed by atoms with Crippen molar-refractivity contribution in [3.63, 3.8) is 0 Å². The van der Waals surface area contributed by atoms with E-state index in [1.807, 2.05) is 19.1 Å². The molecule has 5 nitrogen and oxygen atoms in total. The quantitative estimate of drug-likeness (QED) is 0.198. The number of hydrogen-bond acceptors (Lipinski definition) is 5. The molecule has 1 unspecified atom stereocenters. The summed E-state index contributed by atoms with van der Waals surface area (Å²) in [4.78, 5) is 0.123. The molecule has 0 aliphatic rings. The minimum atomic E-state index is -4.64. The molecule has 0 bridgehead atoms. The van der Waals surface area contributed by atoms with Gasteiger partial charge in [0.05, 0.1) is 15.4 Å². The average molecular weight is 592 g/mol. The molecule has 0 spiro atoms. The van der Waals surface area contributed by atoms with Gasteiger partial charge in [0.15, 0.2) is 0 Å². The maximum Gasteiger partial charge on any atom is 0.416 e. The minimum absolute atomic E-state index is 0.131. The third-order valence-electron chi connectivity index (χ3n) is 5.82. The van der Waals surface area contributed by atoms with Crippen LogP contribution >= 0.6 is 11.8 Å². The van der Waals surface area contributed by atoms with Crippen LogP contribution in [0.1, 0.15) is 21.9 Å². The molecule has 39 heavy (non-hydrogen) atoms. The van der Waals surface area contributed by atoms with Crippen LogP contribution in [0, 0.1) is 6.92 Å². The standard InChI is InChI=1S/C28H24F3NO4S3/c1-21-15-17-24(18-16-21)37-27(22-9-8-10-23(19-22)28(29,30)31)20-32(38(33,34)25-11-4-2-5-12-25)39(35,36)26-13-6-3-7-14-26/h2-19,27H,20H2,1H3. The van der Waals surface area contributed by atoms with Crippen LogP contribution in [0.5, 0.6) is 0 Å². The molecule has 0 saturated carbocycles. The molecule has 4 rings (SSSR count). The Labute approximate surface area is 230 Å². The number of benzene rings is 4. The molecule has 0 aliphatic carbocycles. The van der Waals surface area contributed by atoms with Crippen molar-refractivity contribution >= 4 is 31.8 Å². The van der Waals surface area contributed by atoms with Gasteiger partial charge in [-0.15, -0.1) is 11.8 Å². The molecule has 204 valence electrons. The fourth-order valence-corrected chi connectivity index (χ4v) is 8.82. The molecule has 0 heterocycles. The summed E-state index contributed by atoms with van der Waals surface area (Å²) in [7, 11) is -9.28. The van der Waals surface area contributed by atoms with Crippen LogP contribution in [0.25, 0.3) is 0 Å². The maximum absolute atomic E-state index is 13.8. The van der Waals surface area contributed by atoms with Gasteiger partial charge in [-0.3, -0.25) is 0 Å². The Morgan fingerprint density at radius 2 is 1.23 bits per heavy atom. The Hall–Kier alpha value is -3.12. The number of halogens is 3. The molecule has 0 fully saturated rings. The molecule has 4 aromatic rings. The number of thioether (sulfide) groups is 1. The number of rotatable bonds is 9. The predicted molar refractivity (Wildman–Crippen MR) is 145 cm³/mol. The van der Waals surface area contributed by atoms with E-state index in [1.54, 1.807) is 24.3 Å². The molecule has 4 aromatic carbocycles. The summed E-state index contributed by atoms with van der Waals surface area (Å²) >= 11 is 1.08. The first-order valence-electron chi connectivity index (χ1n) is 11.7. The average Bonchev–Trinajstić information content (AvgIpc) is 2.92. The topological polar surface area (TPSA) is 71.5 Å². The van der Waals surface area contributed by atoms with Gasteiger partial charge < -0.3 is 0 Å². The normalized spacial score (nSPS) is 13.4. The largest absolute Gasteiger partial charge is 0.416 e. The summed E-state index contributed by atoms with van der Waals surface area (Å²) in [5, 5.41) is -1.01. The molecule has 0 aromatic heterocycles. The van der Waals surface area contributed by atoms with Crippen molar-refractivity contribution in [1.82, 2.24) is 3.71 Å². The molecule has 11 heteroatoms. The summed E-state index contributed by atoms with van der Waals surface area (Å²) in [6.07, 6.45) is -4.64. The third kappa shape index (κ3) is 6.73. The lowest BCUT2D eigenvalue weighted by Gasteiger charge is -2.27. The van der Waals surface area contributed by atoms with E-state index in [2.05, 4.69) is 0 Å². The second-order valence-corrected chi connectivity index (χ2v) is 13.9. The molecule has 0 radical (unpaired) electrons. The van der Waals surface area contributed by atoms with Crippen molar-refractivity contribution in [3.8, 4) is 0 Å². The van der Waals surface area contributed by atoms with E-state index >= 15 is 0 Å². The first-order chi connectivity index (χ1) is 18.4. The fourth-order valence-electron chi connectivity index (χ4n) is 3.79. The van der Waals surface area contributed by atoms with Crippen molar-refractivity contribution in [2.75, 3.05) is 6.54 Å². The van der Waals surface area contributed by atoms with Gasteiger partial charge >= 0.3 is 6.18 Å². The van der Waals surface area contributed by atoms with Crippen LogP contribution in [0.3, 0.4) is 0 Å². The van der Waals surface area contributed by atoms with Crippen molar-refractivity contribution < 1.29 is 30.0 Å². The van der Waals surface area contributed by atoms with Crippen LogP contribution < -0.4 is 0 Å². The highest BCUT2D eigenvalue weighted by molar-refractivity contribution is 8.04. The Bertz CT molecular complexity index is 1560. The van der Waals surface area contributed by atoms with E-state index in [-0.39, 0.29) is 15.4 Å². The van der Waals surface area contributed by atoms with Gasteiger partial charge in [-0.1, -0.05) is 76.0 Å². The van der Waals surface area contributed by atoms with Crippen molar-refractivity contribution in [3.05, 3.63) is 126 Å². The summed E-state index contributed by atoms with van der Waals surface area (Å²) in [6.45, 7) is 1.23. The molecular weight excluding hydrogens is 568 g/mol. The Morgan fingerprint density at radius 1 is 0.718 bits per heavy atom. The van der Waals surface area contributed by atoms with E-state index in [4.69, 9.17) is 0 Å². The zero-order valence-electron chi connectivity index (χ0n) is 20.6. The molecular formula is C28H24F3NO4S3. The highest BCUT2D eigenvalue weighted by atomic mass is 32.3. The summed E-state index contributed by atoms with van der Waals surface area (Å²) in [5.74, 6) is 0. The van der Waals surface area contributed by atoms with Crippen LogP contribution in [0.15, 0.2) is 124 Å². The first-order valence-corrected chi connectivity index (χ1v) is 15.4. The van der Waals surface area contributed by atoms with Crippen LogP contribution in [0.4, 0.5) is 13.2 Å². The third-order valence-corrected chi connectivity index (χ3v) is 11.4. The first kappa shape index (κ1) is 28.9. The van der Waals surface area contributed by atoms with Crippen molar-refractivity contribution in [2.45, 2.75) is 33.0 Å². The van der Waals surface area contributed by atoms with Gasteiger partial charge in [0.2, 0.25) is 0 Å². The Kier molecular flexibility index (Phi) is 8.55. The van der Waals surface area contributed by atoms with E-state index < -0.39 is 43.6 Å². The lowest BCUT2D eigenvalue weighted by Crippen LogP contribution is -2.39. The molecule has 0 amide bonds. The lowest BCUT2D eigenvalue weighted by atomic mass is 10.1. The number of nitrogens with zero attached hydrogens (tertiary/aromatic N) is 1. The van der Waals surface area contributed by atoms with Gasteiger partial charge in [-0.25, -0.2) is 16.8 Å². The van der Waals surface area contributed by atoms with E-state index in [1.165, 1.54) is 60.7 Å². The number of sulfonamides is 2. The fraction of sp³-hybridized carbons (Fsp3) is 0.143. The zero-order valence-corrected chi connectivity index (χ0v) is 23.1. The Morgan fingerprint density at radius 3 is 1.72 bits per heavy atom. The van der Waals surface area contributed by atoms with E-state index in [0.29, 0.717) is 8.61 Å². The SMILES string of the molecule is Cc1ccc(SC(CN(S(=O)(=O)c2ccccc2)S(=O)(=O)c2ccccc2)c2cccc(C(F)(F)F)c2)cc1. The van der Waals surface area contributed by atoms with Crippen LogP contribution in [0.2, 0.25) is 0 Å². The molecule has 0 aliphatic heterocycles. The van der Waals surface area contributed by atoms with E-state index in [9.17, 15) is 30.0 Å². The number of aryl methyl sites for hydroxylation is 1. The number of alkyl halides is 3. The predicted octanol–water partition coefficient (Wildman–Crippen LogP) is 6.93. The van der Waals surface area contributed by atoms with Gasteiger partial charge in [0.25, 0.3) is 20.0 Å². The van der Waals surface area contributed by atoms with E-state index in [0.717, 1.165) is 29.5 Å². The molecule has 0 saturated heterocycles. The minimum Gasteiger partial charge on any atom is -0.206 e. The zero-order chi connectivity index (χ0) is 28.3. The monoisotopic (exact) mass is 591 g/mol. The van der Waals surface area contributed by atoms with Gasteiger partial charge in [-0.2, -0.15) is 13.2 Å². The van der Waals surface area contributed by atoms with Gasteiger partial charge in [0, 0.05) is 16.7 Å². The van der Waals surface area contributed by atoms with Gasteiger partial charge in [-0.05, 0) is 55.0 Å². The van der Waals surface area contributed by atoms with Crippen LogP contribution in [-0.2, 0) is 26.2 Å². The highest BCUT2D eigenvalue weighted by Crippen LogP contribution is 2.40. The summed E-state index contributed by atoms with van der Waals surface area (Å²) in [6, 6.07) is 25.8. The van der Waals surface area contributed by atoms with Crippen molar-refractivity contribution in [1.29, 1.82) is 0 Å². The smallest absolute Gasteiger partial charge is 0.206 e.